The van der Waals surface area contributed by atoms with E-state index in [1.165, 1.54) is 7.05 Å². The number of rotatable bonds is 13. The number of carbonyl (C=O) groups is 3. The summed E-state index contributed by atoms with van der Waals surface area (Å²) in [5, 5.41) is 12.6. The zero-order chi connectivity index (χ0) is 39.3. The van der Waals surface area contributed by atoms with E-state index in [0.717, 1.165) is 51.4 Å². The van der Waals surface area contributed by atoms with Crippen LogP contribution < -0.4 is 5.32 Å². The number of nitrogens with zero attached hydrogens (tertiary/aromatic N) is 5. The maximum atomic E-state index is 13.6. The molecule has 0 radical (unpaired) electrons. The fourth-order valence-electron chi connectivity index (χ4n) is 7.57. The van der Waals surface area contributed by atoms with Gasteiger partial charge in [0.05, 0.1) is 17.5 Å². The van der Waals surface area contributed by atoms with Gasteiger partial charge < -0.3 is 20.3 Å². The van der Waals surface area contributed by atoms with Crippen molar-refractivity contribution in [3.63, 3.8) is 0 Å². The van der Waals surface area contributed by atoms with Crippen molar-refractivity contribution >= 4 is 33.6 Å². The summed E-state index contributed by atoms with van der Waals surface area (Å²) in [5.74, 6) is 0.257. The predicted molar refractivity (Wildman–Crippen MR) is 213 cm³/mol. The summed E-state index contributed by atoms with van der Waals surface area (Å²) in [7, 11) is -1.77. The largest absolute Gasteiger partial charge is 0.465 e. The topological polar surface area (TPSA) is 159 Å². The van der Waals surface area contributed by atoms with E-state index in [-0.39, 0.29) is 29.5 Å². The van der Waals surface area contributed by atoms with Crippen LogP contribution in [0.2, 0.25) is 0 Å². The van der Waals surface area contributed by atoms with Crippen LogP contribution >= 0.6 is 0 Å². The lowest BCUT2D eigenvalue weighted by molar-refractivity contribution is -0.138. The van der Waals surface area contributed by atoms with E-state index in [2.05, 4.69) is 15.2 Å². The molecule has 0 bridgehead atoms. The van der Waals surface area contributed by atoms with Gasteiger partial charge in [-0.15, -0.1) is 0 Å². The van der Waals surface area contributed by atoms with Gasteiger partial charge in [0.1, 0.15) is 11.9 Å². The number of para-hydroxylation sites is 1. The molecule has 55 heavy (non-hydrogen) atoms. The van der Waals surface area contributed by atoms with E-state index in [9.17, 15) is 27.9 Å². The third-order valence-electron chi connectivity index (χ3n) is 10.6. The number of benzene rings is 3. The van der Waals surface area contributed by atoms with E-state index in [1.807, 2.05) is 99.8 Å². The van der Waals surface area contributed by atoms with Gasteiger partial charge in [-0.25, -0.2) is 18.2 Å². The third kappa shape index (κ3) is 9.09. The number of anilines is 1. The Balaban J connectivity index is 1.07. The fourth-order valence-corrected chi connectivity index (χ4v) is 9.07. The first-order valence-electron chi connectivity index (χ1n) is 19.0. The van der Waals surface area contributed by atoms with Crippen LogP contribution in [0.15, 0.2) is 79.0 Å². The number of amides is 3. The Bertz CT molecular complexity index is 2080. The number of likely N-dealkylation sites (N-methyl/N-ethyl adjacent to an activating group) is 1. The summed E-state index contributed by atoms with van der Waals surface area (Å²) in [5.41, 5.74) is 5.82. The standard InChI is InChI=1S/C41H51N7O6S/c1-5-25-55(53,54)47-23-21-46(22-24-47)27-33-9-6-7-10-34(33)44-39(49)32-18-14-30(15-19-32)29-12-16-31(17-13-29)35-26-42-38(43-35)36-11-8-20-48(36)40(50)37(28(2)3)45(4)41(51)52/h6-7,9-10,12-19,26,28,36-37H,5,8,11,20-25,27H2,1-4H3,(H,42,43)(H,44,49)(H,51,52)/t36?,37-/m0/s1. The minimum Gasteiger partial charge on any atom is -0.465 e. The minimum absolute atomic E-state index is 0.173. The van der Waals surface area contributed by atoms with Gasteiger partial charge in [0.2, 0.25) is 15.9 Å². The van der Waals surface area contributed by atoms with Crippen molar-refractivity contribution in [2.75, 3.05) is 50.8 Å². The zero-order valence-corrected chi connectivity index (χ0v) is 32.8. The number of hydrogen-bond donors (Lipinski definition) is 3. The Kier molecular flexibility index (Phi) is 12.4. The second-order valence-corrected chi connectivity index (χ2v) is 16.8. The number of H-pyrrole nitrogens is 1. The van der Waals surface area contributed by atoms with E-state index < -0.39 is 22.2 Å². The number of nitrogens with one attached hydrogen (secondary N) is 2. The highest BCUT2D eigenvalue weighted by atomic mass is 32.2. The van der Waals surface area contributed by atoms with Crippen LogP contribution in [0, 0.1) is 5.92 Å². The maximum Gasteiger partial charge on any atom is 0.407 e. The highest BCUT2D eigenvalue weighted by molar-refractivity contribution is 7.89. The van der Waals surface area contributed by atoms with Crippen molar-refractivity contribution in [1.82, 2.24) is 29.0 Å². The molecule has 14 heteroatoms. The normalized spacial score (nSPS) is 17.3. The van der Waals surface area contributed by atoms with E-state index in [0.29, 0.717) is 57.1 Å². The van der Waals surface area contributed by atoms with Crippen molar-refractivity contribution < 1.29 is 27.9 Å². The van der Waals surface area contributed by atoms with Crippen LogP contribution in [0.1, 0.15) is 67.8 Å². The van der Waals surface area contributed by atoms with Crippen LogP contribution in [0.5, 0.6) is 0 Å². The maximum absolute atomic E-state index is 13.6. The van der Waals surface area contributed by atoms with Gasteiger partial charge in [-0.3, -0.25) is 19.4 Å². The van der Waals surface area contributed by atoms with E-state index >= 15 is 0 Å². The lowest BCUT2D eigenvalue weighted by Gasteiger charge is -2.34. The highest BCUT2D eigenvalue weighted by Gasteiger charge is 2.39. The molecule has 3 N–H and O–H groups in total. The summed E-state index contributed by atoms with van der Waals surface area (Å²) >= 11 is 0. The van der Waals surface area contributed by atoms with Crippen LogP contribution in [0.4, 0.5) is 10.5 Å². The molecule has 3 heterocycles. The summed E-state index contributed by atoms with van der Waals surface area (Å²) in [4.78, 5) is 51.8. The molecule has 1 unspecified atom stereocenters. The third-order valence-corrected chi connectivity index (χ3v) is 12.6. The Morgan fingerprint density at radius 1 is 0.927 bits per heavy atom. The number of carbonyl (C=O) groups excluding carboxylic acids is 2. The molecule has 292 valence electrons. The lowest BCUT2D eigenvalue weighted by Crippen LogP contribution is -2.51. The molecule has 2 atom stereocenters. The molecule has 3 amide bonds. The number of imidazole rings is 1. The number of sulfonamides is 1. The molecular weight excluding hydrogens is 719 g/mol. The highest BCUT2D eigenvalue weighted by Crippen LogP contribution is 2.34. The molecule has 0 aliphatic carbocycles. The molecule has 13 nitrogen and oxygen atoms in total. The Morgan fingerprint density at radius 3 is 2.20 bits per heavy atom. The molecule has 0 saturated carbocycles. The van der Waals surface area contributed by atoms with Crippen molar-refractivity contribution in [1.29, 1.82) is 0 Å². The molecule has 6 rings (SSSR count). The smallest absolute Gasteiger partial charge is 0.407 e. The average Bonchev–Trinajstić information content (AvgIpc) is 3.87. The average molecular weight is 770 g/mol. The second-order valence-electron chi connectivity index (χ2n) is 14.7. The van der Waals surface area contributed by atoms with E-state index in [1.54, 1.807) is 9.21 Å². The number of aromatic nitrogens is 2. The fraction of sp³-hybridized carbons (Fsp3) is 0.415. The summed E-state index contributed by atoms with van der Waals surface area (Å²) < 4.78 is 26.5. The number of aromatic amines is 1. The summed E-state index contributed by atoms with van der Waals surface area (Å²) in [6, 6.07) is 22.1. The Hall–Kier alpha value is -5.05. The van der Waals surface area contributed by atoms with E-state index in [4.69, 9.17) is 4.98 Å². The predicted octanol–water partition coefficient (Wildman–Crippen LogP) is 6.15. The van der Waals surface area contributed by atoms with Gasteiger partial charge in [0.25, 0.3) is 5.91 Å². The SMILES string of the molecule is CCCS(=O)(=O)N1CCN(Cc2ccccc2NC(=O)c2ccc(-c3ccc(-c4c[nH]c(C5CCCN5C(=O)[C@H](C(C)C)N(C)C(=O)O)n4)cc3)cc2)CC1. The zero-order valence-electron chi connectivity index (χ0n) is 31.9. The van der Waals surface area contributed by atoms with Gasteiger partial charge in [-0.1, -0.05) is 75.4 Å². The first kappa shape index (κ1) is 39.6. The molecule has 2 aliphatic rings. The molecule has 1 aromatic heterocycles. The lowest BCUT2D eigenvalue weighted by atomic mass is 10.0. The van der Waals surface area contributed by atoms with Crippen LogP contribution in [-0.4, -0.2) is 112 Å². The van der Waals surface area contributed by atoms with Gasteiger partial charge >= 0.3 is 6.09 Å². The Labute approximate surface area is 323 Å². The van der Waals surface area contributed by atoms with Crippen LogP contribution in [-0.2, 0) is 21.4 Å². The van der Waals surface area contributed by atoms with Crippen LogP contribution in [0.3, 0.4) is 0 Å². The van der Waals surface area contributed by atoms with Crippen LogP contribution in [0.25, 0.3) is 22.4 Å². The number of carboxylic acid groups (broad SMARTS) is 1. The van der Waals surface area contributed by atoms with Crippen molar-refractivity contribution in [3.8, 4) is 22.4 Å². The number of likely N-dealkylation sites (tertiary alicyclic amines) is 1. The Morgan fingerprint density at radius 2 is 1.56 bits per heavy atom. The van der Waals surface area contributed by atoms with Crippen molar-refractivity contribution in [3.05, 3.63) is 95.9 Å². The summed E-state index contributed by atoms with van der Waals surface area (Å²) in [6.07, 6.45) is 2.86. The van der Waals surface area contributed by atoms with Crippen molar-refractivity contribution in [2.45, 2.75) is 58.7 Å². The molecule has 2 aliphatic heterocycles. The first-order chi connectivity index (χ1) is 26.4. The molecule has 4 aromatic rings. The number of hydrogen-bond acceptors (Lipinski definition) is 7. The monoisotopic (exact) mass is 769 g/mol. The number of piperazine rings is 1. The van der Waals surface area contributed by atoms with Gasteiger partial charge in [-0.05, 0) is 60.1 Å². The molecule has 0 spiro atoms. The molecule has 2 fully saturated rings. The van der Waals surface area contributed by atoms with Crippen molar-refractivity contribution in [2.24, 2.45) is 5.92 Å². The molecule has 3 aromatic carbocycles. The minimum atomic E-state index is -3.21. The second kappa shape index (κ2) is 17.2. The first-order valence-corrected chi connectivity index (χ1v) is 20.6. The summed E-state index contributed by atoms with van der Waals surface area (Å²) in [6.45, 7) is 8.94. The van der Waals surface area contributed by atoms with Gasteiger partial charge in [0.15, 0.2) is 0 Å². The van der Waals surface area contributed by atoms with Gasteiger partial charge in [-0.2, -0.15) is 4.31 Å². The van der Waals surface area contributed by atoms with Gasteiger partial charge in [0, 0.05) is 69.3 Å². The molecule has 2 saturated heterocycles. The molecular formula is C41H51N7O6S. The quantitative estimate of drug-likeness (QED) is 0.146.